The number of rotatable bonds is 6. The molecular formula is C25H31N5O. The minimum Gasteiger partial charge on any atom is -0.378 e. The van der Waals surface area contributed by atoms with E-state index in [9.17, 15) is 4.79 Å². The number of aryl methyl sites for hydroxylation is 2. The largest absolute Gasteiger partial charge is 0.378 e. The second-order valence-corrected chi connectivity index (χ2v) is 8.55. The van der Waals surface area contributed by atoms with Gasteiger partial charge in [-0.25, -0.2) is 0 Å². The van der Waals surface area contributed by atoms with Gasteiger partial charge in [-0.15, -0.1) is 0 Å². The van der Waals surface area contributed by atoms with Crippen LogP contribution in [-0.4, -0.2) is 46.6 Å². The van der Waals surface area contributed by atoms with Crippen molar-refractivity contribution in [3.8, 4) is 11.1 Å². The first kappa shape index (κ1) is 21.1. The highest BCUT2D eigenvalue weighted by molar-refractivity contribution is 5.78. The molecule has 1 aliphatic rings. The Morgan fingerprint density at radius 1 is 1.13 bits per heavy atom. The molecule has 6 nitrogen and oxygen atoms in total. The van der Waals surface area contributed by atoms with E-state index >= 15 is 0 Å². The van der Waals surface area contributed by atoms with Crippen LogP contribution < -0.4 is 4.90 Å². The van der Waals surface area contributed by atoms with Gasteiger partial charge in [0.2, 0.25) is 5.91 Å². The van der Waals surface area contributed by atoms with Gasteiger partial charge in [0.05, 0.1) is 17.9 Å². The molecule has 0 aliphatic carbocycles. The van der Waals surface area contributed by atoms with Gasteiger partial charge in [0.1, 0.15) is 0 Å². The molecule has 3 aromatic rings. The van der Waals surface area contributed by atoms with Crippen molar-refractivity contribution < 1.29 is 4.79 Å². The Bertz CT molecular complexity index is 1020. The SMILES string of the molecule is Cc1cnccc1-c1cn[nH]c1[C@H]1CCCCN1C(=O)CCc1ccc(N(C)C)cc1. The summed E-state index contributed by atoms with van der Waals surface area (Å²) in [5.41, 5.74) is 6.71. The summed E-state index contributed by atoms with van der Waals surface area (Å²) in [6, 6.07) is 10.5. The maximum atomic E-state index is 13.2. The van der Waals surface area contributed by atoms with Crippen LogP contribution in [0.2, 0.25) is 0 Å². The number of aromatic nitrogens is 3. The Morgan fingerprint density at radius 3 is 2.68 bits per heavy atom. The van der Waals surface area contributed by atoms with Gasteiger partial charge in [-0.3, -0.25) is 14.9 Å². The molecule has 31 heavy (non-hydrogen) atoms. The van der Waals surface area contributed by atoms with Crippen molar-refractivity contribution in [1.29, 1.82) is 0 Å². The monoisotopic (exact) mass is 417 g/mol. The number of amides is 1. The summed E-state index contributed by atoms with van der Waals surface area (Å²) in [6.45, 7) is 2.86. The molecule has 1 amide bonds. The molecule has 1 atom stereocenters. The average molecular weight is 418 g/mol. The van der Waals surface area contributed by atoms with Crippen LogP contribution in [0.3, 0.4) is 0 Å². The number of carbonyl (C=O) groups excluding carboxylic acids is 1. The fraction of sp³-hybridized carbons (Fsp3) is 0.400. The number of hydrogen-bond donors (Lipinski definition) is 1. The van der Waals surface area contributed by atoms with Gasteiger partial charge in [-0.05, 0) is 67.5 Å². The van der Waals surface area contributed by atoms with Crippen LogP contribution in [0.15, 0.2) is 48.9 Å². The lowest BCUT2D eigenvalue weighted by molar-refractivity contribution is -0.135. The van der Waals surface area contributed by atoms with E-state index in [-0.39, 0.29) is 11.9 Å². The third-order valence-electron chi connectivity index (χ3n) is 6.22. The zero-order valence-electron chi connectivity index (χ0n) is 18.6. The third-order valence-corrected chi connectivity index (χ3v) is 6.22. The standard InChI is InChI=1S/C25H31N5O/c1-18-16-26-14-13-21(18)22-17-27-28-25(22)23-6-4-5-15-30(23)24(31)12-9-19-7-10-20(11-8-19)29(2)3/h7-8,10-11,13-14,16-17,23H,4-6,9,12,15H2,1-3H3,(H,27,28)/t23-/m1/s1. The predicted molar refractivity (Wildman–Crippen MR) is 124 cm³/mol. The van der Waals surface area contributed by atoms with Gasteiger partial charge >= 0.3 is 0 Å². The Hall–Kier alpha value is -3.15. The van der Waals surface area contributed by atoms with Gasteiger partial charge in [-0.2, -0.15) is 5.10 Å². The number of hydrogen-bond acceptors (Lipinski definition) is 4. The lowest BCUT2D eigenvalue weighted by Crippen LogP contribution is -2.39. The molecule has 6 heteroatoms. The number of aromatic amines is 1. The molecular weight excluding hydrogens is 386 g/mol. The van der Waals surface area contributed by atoms with E-state index in [2.05, 4.69) is 56.2 Å². The number of anilines is 1. The minimum absolute atomic E-state index is 0.0439. The maximum absolute atomic E-state index is 13.2. The van der Waals surface area contributed by atoms with Crippen molar-refractivity contribution in [2.45, 2.75) is 45.1 Å². The third kappa shape index (κ3) is 4.63. The molecule has 0 unspecified atom stereocenters. The molecule has 2 aromatic heterocycles. The lowest BCUT2D eigenvalue weighted by atomic mass is 9.93. The summed E-state index contributed by atoms with van der Waals surface area (Å²) < 4.78 is 0. The fourth-order valence-corrected chi connectivity index (χ4v) is 4.43. The zero-order chi connectivity index (χ0) is 21.8. The van der Waals surface area contributed by atoms with E-state index in [0.717, 1.165) is 54.6 Å². The molecule has 4 rings (SSSR count). The maximum Gasteiger partial charge on any atom is 0.223 e. The first-order chi connectivity index (χ1) is 15.0. The van der Waals surface area contributed by atoms with Crippen LogP contribution >= 0.6 is 0 Å². The Kier molecular flexibility index (Phi) is 6.35. The van der Waals surface area contributed by atoms with Gasteiger partial charge in [0.25, 0.3) is 0 Å². The highest BCUT2D eigenvalue weighted by Crippen LogP contribution is 2.36. The van der Waals surface area contributed by atoms with E-state index in [1.807, 2.05) is 38.8 Å². The van der Waals surface area contributed by atoms with E-state index in [1.54, 1.807) is 0 Å². The minimum atomic E-state index is 0.0439. The van der Waals surface area contributed by atoms with Crippen LogP contribution in [-0.2, 0) is 11.2 Å². The fourth-order valence-electron chi connectivity index (χ4n) is 4.43. The van der Waals surface area contributed by atoms with Crippen molar-refractivity contribution in [3.63, 3.8) is 0 Å². The topological polar surface area (TPSA) is 65.1 Å². The molecule has 0 bridgehead atoms. The summed E-state index contributed by atoms with van der Waals surface area (Å²) >= 11 is 0. The van der Waals surface area contributed by atoms with Crippen LogP contribution in [0, 0.1) is 6.92 Å². The lowest BCUT2D eigenvalue weighted by Gasteiger charge is -2.36. The number of carbonyl (C=O) groups is 1. The first-order valence-corrected chi connectivity index (χ1v) is 11.0. The number of likely N-dealkylation sites (tertiary alicyclic amines) is 1. The van der Waals surface area contributed by atoms with Crippen LogP contribution in [0.5, 0.6) is 0 Å². The number of pyridine rings is 1. The predicted octanol–water partition coefficient (Wildman–Crippen LogP) is 4.53. The Morgan fingerprint density at radius 2 is 1.94 bits per heavy atom. The second kappa shape index (κ2) is 9.33. The average Bonchev–Trinajstić information content (AvgIpc) is 3.27. The van der Waals surface area contributed by atoms with E-state index in [4.69, 9.17) is 0 Å². The summed E-state index contributed by atoms with van der Waals surface area (Å²) in [7, 11) is 4.07. The van der Waals surface area contributed by atoms with Crippen LogP contribution in [0.4, 0.5) is 5.69 Å². The van der Waals surface area contributed by atoms with Gasteiger partial charge in [0, 0.05) is 50.7 Å². The van der Waals surface area contributed by atoms with Gasteiger partial charge in [-0.1, -0.05) is 12.1 Å². The quantitative estimate of drug-likeness (QED) is 0.640. The molecule has 1 fully saturated rings. The van der Waals surface area contributed by atoms with Gasteiger partial charge in [0.15, 0.2) is 0 Å². The van der Waals surface area contributed by atoms with Crippen molar-refractivity contribution in [2.75, 3.05) is 25.5 Å². The highest BCUT2D eigenvalue weighted by Gasteiger charge is 2.31. The van der Waals surface area contributed by atoms with Crippen LogP contribution in [0.25, 0.3) is 11.1 Å². The Labute approximate surface area is 184 Å². The zero-order valence-corrected chi connectivity index (χ0v) is 18.6. The van der Waals surface area contributed by atoms with Crippen molar-refractivity contribution in [2.24, 2.45) is 0 Å². The summed E-state index contributed by atoms with van der Waals surface area (Å²) in [5, 5.41) is 7.54. The normalized spacial score (nSPS) is 16.4. The molecule has 1 saturated heterocycles. The van der Waals surface area contributed by atoms with E-state index in [0.29, 0.717) is 6.42 Å². The summed E-state index contributed by atoms with van der Waals surface area (Å²) in [5.74, 6) is 0.216. The molecule has 0 radical (unpaired) electrons. The second-order valence-electron chi connectivity index (χ2n) is 8.55. The van der Waals surface area contributed by atoms with Crippen LogP contribution in [0.1, 0.15) is 48.5 Å². The van der Waals surface area contributed by atoms with E-state index in [1.165, 1.54) is 11.3 Å². The van der Waals surface area contributed by atoms with Crippen molar-refractivity contribution in [1.82, 2.24) is 20.1 Å². The highest BCUT2D eigenvalue weighted by atomic mass is 16.2. The number of nitrogens with zero attached hydrogens (tertiary/aromatic N) is 4. The summed E-state index contributed by atoms with van der Waals surface area (Å²) in [4.78, 5) is 21.6. The van der Waals surface area contributed by atoms with Crippen molar-refractivity contribution >= 4 is 11.6 Å². The molecule has 1 aliphatic heterocycles. The summed E-state index contributed by atoms with van der Waals surface area (Å²) in [6.07, 6.45) is 9.97. The Balaban J connectivity index is 1.50. The first-order valence-electron chi connectivity index (χ1n) is 11.0. The number of nitrogens with one attached hydrogen (secondary N) is 1. The smallest absolute Gasteiger partial charge is 0.223 e. The number of H-pyrrole nitrogens is 1. The molecule has 162 valence electrons. The molecule has 1 N–H and O–H groups in total. The number of benzene rings is 1. The molecule has 3 heterocycles. The molecule has 1 aromatic carbocycles. The molecule has 0 saturated carbocycles. The van der Waals surface area contributed by atoms with Crippen molar-refractivity contribution in [3.05, 3.63) is 65.7 Å². The number of piperidine rings is 1. The molecule has 0 spiro atoms. The van der Waals surface area contributed by atoms with Gasteiger partial charge < -0.3 is 9.80 Å². The van der Waals surface area contributed by atoms with E-state index < -0.39 is 0 Å².